The van der Waals surface area contributed by atoms with Gasteiger partial charge in [0.25, 0.3) is 0 Å². The zero-order chi connectivity index (χ0) is 13.5. The molecule has 4 rings (SSSR count). The summed E-state index contributed by atoms with van der Waals surface area (Å²) < 4.78 is 1.25. The lowest BCUT2D eigenvalue weighted by molar-refractivity contribution is -0.107. The molecule has 1 aromatic heterocycles. The Kier molecular flexibility index (Phi) is 2.57. The van der Waals surface area contributed by atoms with Gasteiger partial charge in [0, 0.05) is 16.5 Å². The van der Waals surface area contributed by atoms with Crippen LogP contribution in [0.4, 0.5) is 0 Å². The number of hydrogen-bond acceptors (Lipinski definition) is 2. The Morgan fingerprint density at radius 3 is 2.55 bits per heavy atom. The van der Waals surface area contributed by atoms with Crippen molar-refractivity contribution in [1.29, 1.82) is 0 Å². The molecule has 20 heavy (non-hydrogen) atoms. The minimum Gasteiger partial charge on any atom is -0.303 e. The fraction of sp³-hybridized carbons (Fsp3) is 0.0556. The SMILES string of the molecule is O=CCc1csc2ccc3cc4ccccc4cc3c12. The number of aldehydes is 1. The lowest BCUT2D eigenvalue weighted by atomic mass is 9.99. The number of hydrogen-bond donors (Lipinski definition) is 0. The third-order valence-electron chi connectivity index (χ3n) is 3.80. The Morgan fingerprint density at radius 1 is 0.950 bits per heavy atom. The summed E-state index contributed by atoms with van der Waals surface area (Å²) in [6, 6.07) is 17.2. The van der Waals surface area contributed by atoms with Gasteiger partial charge in [0.1, 0.15) is 6.29 Å². The van der Waals surface area contributed by atoms with Crippen LogP contribution in [0.15, 0.2) is 53.9 Å². The first-order valence-corrected chi connectivity index (χ1v) is 7.50. The van der Waals surface area contributed by atoms with Crippen molar-refractivity contribution >= 4 is 49.3 Å². The smallest absolute Gasteiger partial charge is 0.124 e. The van der Waals surface area contributed by atoms with E-state index in [4.69, 9.17) is 0 Å². The van der Waals surface area contributed by atoms with Crippen LogP contribution in [-0.4, -0.2) is 6.29 Å². The molecule has 0 aliphatic rings. The van der Waals surface area contributed by atoms with Gasteiger partial charge in [-0.15, -0.1) is 11.3 Å². The zero-order valence-corrected chi connectivity index (χ0v) is 11.6. The van der Waals surface area contributed by atoms with Crippen molar-refractivity contribution in [1.82, 2.24) is 0 Å². The van der Waals surface area contributed by atoms with Crippen molar-refractivity contribution < 1.29 is 4.79 Å². The molecule has 0 aliphatic carbocycles. The number of benzene rings is 3. The molecule has 0 spiro atoms. The molecule has 0 aliphatic heterocycles. The Bertz CT molecular complexity index is 950. The minimum absolute atomic E-state index is 0.492. The highest BCUT2D eigenvalue weighted by Gasteiger charge is 2.08. The molecule has 0 unspecified atom stereocenters. The van der Waals surface area contributed by atoms with Crippen LogP contribution in [0.2, 0.25) is 0 Å². The van der Waals surface area contributed by atoms with E-state index in [-0.39, 0.29) is 0 Å². The Hall–Kier alpha value is -2.19. The molecular weight excluding hydrogens is 264 g/mol. The molecule has 0 radical (unpaired) electrons. The third-order valence-corrected chi connectivity index (χ3v) is 4.80. The number of carbonyl (C=O) groups is 1. The van der Waals surface area contributed by atoms with Gasteiger partial charge in [-0.2, -0.15) is 0 Å². The molecule has 1 heterocycles. The second-order valence-corrected chi connectivity index (χ2v) is 5.90. The molecule has 0 N–H and O–H groups in total. The predicted octanol–water partition coefficient (Wildman–Crippen LogP) is 4.95. The van der Waals surface area contributed by atoms with Crippen LogP contribution in [0.3, 0.4) is 0 Å². The number of thiophene rings is 1. The molecular formula is C18H12OS. The van der Waals surface area contributed by atoms with E-state index in [0.717, 1.165) is 11.8 Å². The van der Waals surface area contributed by atoms with E-state index in [2.05, 4.69) is 53.9 Å². The molecule has 0 amide bonds. The fourth-order valence-electron chi connectivity index (χ4n) is 2.86. The monoisotopic (exact) mass is 276 g/mol. The van der Waals surface area contributed by atoms with E-state index in [1.807, 2.05) is 0 Å². The topological polar surface area (TPSA) is 17.1 Å². The second-order valence-electron chi connectivity index (χ2n) is 4.99. The van der Waals surface area contributed by atoms with E-state index >= 15 is 0 Å². The largest absolute Gasteiger partial charge is 0.303 e. The highest BCUT2D eigenvalue weighted by molar-refractivity contribution is 7.17. The Balaban J connectivity index is 2.18. The first kappa shape index (κ1) is 11.6. The highest BCUT2D eigenvalue weighted by Crippen LogP contribution is 2.35. The predicted molar refractivity (Wildman–Crippen MR) is 86.6 cm³/mol. The summed E-state index contributed by atoms with van der Waals surface area (Å²) in [6.45, 7) is 0. The number of rotatable bonds is 2. The number of fused-ring (bicyclic) bond motifs is 4. The molecule has 96 valence electrons. The van der Waals surface area contributed by atoms with Crippen molar-refractivity contribution in [2.75, 3.05) is 0 Å². The van der Waals surface area contributed by atoms with Crippen molar-refractivity contribution in [2.45, 2.75) is 6.42 Å². The second kappa shape index (κ2) is 4.43. The van der Waals surface area contributed by atoms with E-state index in [1.54, 1.807) is 11.3 Å². The summed E-state index contributed by atoms with van der Waals surface area (Å²) in [7, 11) is 0. The molecule has 0 saturated carbocycles. The van der Waals surface area contributed by atoms with Gasteiger partial charge in [-0.1, -0.05) is 30.3 Å². The first-order valence-electron chi connectivity index (χ1n) is 6.62. The third kappa shape index (κ3) is 1.65. The van der Waals surface area contributed by atoms with Crippen LogP contribution < -0.4 is 0 Å². The van der Waals surface area contributed by atoms with Crippen LogP contribution in [-0.2, 0) is 11.2 Å². The average Bonchev–Trinajstić information content (AvgIpc) is 2.89. The molecule has 4 aromatic rings. The van der Waals surface area contributed by atoms with Crippen LogP contribution in [0.1, 0.15) is 5.56 Å². The summed E-state index contributed by atoms with van der Waals surface area (Å²) in [5, 5.41) is 8.34. The normalized spacial score (nSPS) is 11.4. The quantitative estimate of drug-likeness (QED) is 0.374. The number of carbonyl (C=O) groups excluding carboxylic acids is 1. The maximum Gasteiger partial charge on any atom is 0.124 e. The molecule has 3 aromatic carbocycles. The van der Waals surface area contributed by atoms with E-state index < -0.39 is 0 Å². The van der Waals surface area contributed by atoms with Crippen molar-refractivity contribution in [2.24, 2.45) is 0 Å². The van der Waals surface area contributed by atoms with Crippen LogP contribution in [0.25, 0.3) is 31.6 Å². The van der Waals surface area contributed by atoms with Crippen LogP contribution in [0.5, 0.6) is 0 Å². The average molecular weight is 276 g/mol. The van der Waals surface area contributed by atoms with Gasteiger partial charge in [-0.3, -0.25) is 0 Å². The van der Waals surface area contributed by atoms with Crippen molar-refractivity contribution in [3.8, 4) is 0 Å². The standard InChI is InChI=1S/C18H12OS/c19-8-7-15-11-20-17-6-5-14-9-12-3-1-2-4-13(12)10-16(14)18(15)17/h1-6,8-11H,7H2. The van der Waals surface area contributed by atoms with Gasteiger partial charge in [-0.25, -0.2) is 0 Å². The summed E-state index contributed by atoms with van der Waals surface area (Å²) >= 11 is 1.72. The lowest BCUT2D eigenvalue weighted by Gasteiger charge is -2.05. The fourth-order valence-corrected chi connectivity index (χ4v) is 3.85. The molecule has 0 saturated heterocycles. The summed E-state index contributed by atoms with van der Waals surface area (Å²) in [4.78, 5) is 10.9. The summed E-state index contributed by atoms with van der Waals surface area (Å²) in [5.41, 5.74) is 1.14. The van der Waals surface area contributed by atoms with Gasteiger partial charge in [0.2, 0.25) is 0 Å². The van der Waals surface area contributed by atoms with Crippen molar-refractivity contribution in [3.63, 3.8) is 0 Å². The molecule has 2 heteroatoms. The molecule has 0 atom stereocenters. The lowest BCUT2D eigenvalue weighted by Crippen LogP contribution is -1.84. The molecule has 1 nitrogen and oxygen atoms in total. The Morgan fingerprint density at radius 2 is 1.75 bits per heavy atom. The van der Waals surface area contributed by atoms with Gasteiger partial charge < -0.3 is 4.79 Å². The van der Waals surface area contributed by atoms with Crippen molar-refractivity contribution in [3.05, 3.63) is 59.5 Å². The van der Waals surface area contributed by atoms with E-state index in [0.29, 0.717) is 6.42 Å². The summed E-state index contributed by atoms with van der Waals surface area (Å²) in [5.74, 6) is 0. The molecule has 0 bridgehead atoms. The van der Waals surface area contributed by atoms with E-state index in [1.165, 1.54) is 31.6 Å². The maximum atomic E-state index is 10.9. The van der Waals surface area contributed by atoms with Gasteiger partial charge >= 0.3 is 0 Å². The highest BCUT2D eigenvalue weighted by atomic mass is 32.1. The first-order chi connectivity index (χ1) is 9.86. The van der Waals surface area contributed by atoms with Crippen LogP contribution >= 0.6 is 11.3 Å². The Labute approximate surface area is 120 Å². The van der Waals surface area contributed by atoms with Crippen LogP contribution in [0, 0.1) is 0 Å². The van der Waals surface area contributed by atoms with E-state index in [9.17, 15) is 4.79 Å². The minimum atomic E-state index is 0.492. The summed E-state index contributed by atoms with van der Waals surface area (Å²) in [6.07, 6.45) is 1.48. The van der Waals surface area contributed by atoms with Gasteiger partial charge in [0.15, 0.2) is 0 Å². The molecule has 0 fully saturated rings. The van der Waals surface area contributed by atoms with Gasteiger partial charge in [-0.05, 0) is 50.7 Å². The zero-order valence-electron chi connectivity index (χ0n) is 10.8. The van der Waals surface area contributed by atoms with Gasteiger partial charge in [0.05, 0.1) is 0 Å². The maximum absolute atomic E-state index is 10.9.